The maximum absolute atomic E-state index is 11.6. The first-order valence-corrected chi connectivity index (χ1v) is 8.35. The summed E-state index contributed by atoms with van der Waals surface area (Å²) in [5.74, 6) is 2.33. The van der Waals surface area contributed by atoms with E-state index >= 15 is 0 Å². The largest absolute Gasteiger partial charge is 0.453 e. The SMILES string of the molecule is COC(=O)N1CCC(c2nnc(Cn3cncn3)n2C2CC2)CC1. The number of carbonyl (C=O) groups is 1. The van der Waals surface area contributed by atoms with Crippen molar-refractivity contribution in [2.45, 2.75) is 44.2 Å². The number of piperidine rings is 1. The first-order valence-electron chi connectivity index (χ1n) is 8.35. The molecule has 24 heavy (non-hydrogen) atoms. The van der Waals surface area contributed by atoms with Crippen molar-refractivity contribution in [2.24, 2.45) is 0 Å². The second-order valence-electron chi connectivity index (χ2n) is 6.40. The fraction of sp³-hybridized carbons (Fsp3) is 0.667. The zero-order valence-electron chi connectivity index (χ0n) is 13.7. The minimum absolute atomic E-state index is 0.246. The van der Waals surface area contributed by atoms with Gasteiger partial charge in [0.1, 0.15) is 25.0 Å². The molecule has 1 saturated heterocycles. The summed E-state index contributed by atoms with van der Waals surface area (Å²) < 4.78 is 8.87. The Morgan fingerprint density at radius 3 is 2.67 bits per heavy atom. The van der Waals surface area contributed by atoms with Crippen LogP contribution in [0.4, 0.5) is 4.79 Å². The zero-order chi connectivity index (χ0) is 16.5. The number of carbonyl (C=O) groups excluding carboxylic acids is 1. The number of rotatable bonds is 4. The van der Waals surface area contributed by atoms with Crippen molar-refractivity contribution >= 4 is 6.09 Å². The van der Waals surface area contributed by atoms with Gasteiger partial charge in [0.05, 0.1) is 7.11 Å². The van der Waals surface area contributed by atoms with Crippen LogP contribution in [-0.2, 0) is 11.3 Å². The Balaban J connectivity index is 1.51. The monoisotopic (exact) mass is 331 g/mol. The quantitative estimate of drug-likeness (QED) is 0.836. The number of likely N-dealkylation sites (tertiary alicyclic amines) is 1. The highest BCUT2D eigenvalue weighted by molar-refractivity contribution is 5.67. The number of aromatic nitrogens is 6. The molecule has 4 rings (SSSR count). The summed E-state index contributed by atoms with van der Waals surface area (Å²) in [6, 6.07) is 0.507. The number of hydrogen-bond donors (Lipinski definition) is 0. The lowest BCUT2D eigenvalue weighted by molar-refractivity contribution is 0.111. The molecule has 0 atom stereocenters. The molecular weight excluding hydrogens is 310 g/mol. The van der Waals surface area contributed by atoms with Gasteiger partial charge >= 0.3 is 6.09 Å². The minimum Gasteiger partial charge on any atom is -0.453 e. The van der Waals surface area contributed by atoms with E-state index in [2.05, 4.69) is 24.8 Å². The normalized spacial score (nSPS) is 18.8. The number of nitrogens with zero attached hydrogens (tertiary/aromatic N) is 7. The van der Waals surface area contributed by atoms with Gasteiger partial charge in [-0.25, -0.2) is 14.5 Å². The molecule has 1 saturated carbocycles. The molecule has 2 aliphatic rings. The van der Waals surface area contributed by atoms with Crippen LogP contribution >= 0.6 is 0 Å². The van der Waals surface area contributed by atoms with Gasteiger partial charge in [0.25, 0.3) is 0 Å². The van der Waals surface area contributed by atoms with Crippen molar-refractivity contribution in [2.75, 3.05) is 20.2 Å². The average Bonchev–Trinajstić information content (AvgIpc) is 3.16. The van der Waals surface area contributed by atoms with Crippen molar-refractivity contribution in [1.82, 2.24) is 34.4 Å². The molecule has 9 nitrogen and oxygen atoms in total. The van der Waals surface area contributed by atoms with E-state index < -0.39 is 0 Å². The molecule has 9 heteroatoms. The molecule has 2 aromatic heterocycles. The van der Waals surface area contributed by atoms with E-state index in [0.29, 0.717) is 31.6 Å². The number of methoxy groups -OCH3 is 1. The Bertz CT molecular complexity index is 699. The van der Waals surface area contributed by atoms with Gasteiger partial charge in [-0.3, -0.25) is 0 Å². The van der Waals surface area contributed by atoms with Crippen LogP contribution in [0.25, 0.3) is 0 Å². The van der Waals surface area contributed by atoms with Gasteiger partial charge in [0.2, 0.25) is 0 Å². The van der Waals surface area contributed by atoms with E-state index in [4.69, 9.17) is 4.74 Å². The van der Waals surface area contributed by atoms with Crippen LogP contribution in [0.5, 0.6) is 0 Å². The molecule has 0 bridgehead atoms. The molecule has 0 aromatic carbocycles. The molecule has 2 aromatic rings. The van der Waals surface area contributed by atoms with Gasteiger partial charge < -0.3 is 14.2 Å². The predicted molar refractivity (Wildman–Crippen MR) is 83.4 cm³/mol. The number of hydrogen-bond acceptors (Lipinski definition) is 6. The molecule has 1 aliphatic carbocycles. The van der Waals surface area contributed by atoms with Crippen LogP contribution in [0.2, 0.25) is 0 Å². The first-order chi connectivity index (χ1) is 11.8. The van der Waals surface area contributed by atoms with Crippen molar-refractivity contribution in [1.29, 1.82) is 0 Å². The molecule has 3 heterocycles. The number of ether oxygens (including phenoxy) is 1. The second kappa shape index (κ2) is 6.21. The fourth-order valence-corrected chi connectivity index (χ4v) is 3.36. The highest BCUT2D eigenvalue weighted by atomic mass is 16.5. The lowest BCUT2D eigenvalue weighted by Gasteiger charge is -2.30. The van der Waals surface area contributed by atoms with Gasteiger partial charge in [-0.05, 0) is 25.7 Å². The van der Waals surface area contributed by atoms with E-state index in [1.165, 1.54) is 26.3 Å². The smallest absolute Gasteiger partial charge is 0.409 e. The molecule has 128 valence electrons. The van der Waals surface area contributed by atoms with Gasteiger partial charge in [-0.2, -0.15) is 5.10 Å². The summed E-state index contributed by atoms with van der Waals surface area (Å²) >= 11 is 0. The van der Waals surface area contributed by atoms with Crippen molar-refractivity contribution < 1.29 is 9.53 Å². The third kappa shape index (κ3) is 2.85. The van der Waals surface area contributed by atoms with E-state index in [-0.39, 0.29) is 6.09 Å². The predicted octanol–water partition coefficient (Wildman–Crippen LogP) is 1.20. The van der Waals surface area contributed by atoms with Crippen LogP contribution < -0.4 is 0 Å². The van der Waals surface area contributed by atoms with E-state index in [9.17, 15) is 4.79 Å². The van der Waals surface area contributed by atoms with Gasteiger partial charge in [0, 0.05) is 25.0 Å². The van der Waals surface area contributed by atoms with Crippen LogP contribution in [0.3, 0.4) is 0 Å². The van der Waals surface area contributed by atoms with Crippen molar-refractivity contribution in [3.05, 3.63) is 24.3 Å². The maximum atomic E-state index is 11.6. The number of amides is 1. The Morgan fingerprint density at radius 1 is 1.25 bits per heavy atom. The Kier molecular flexibility index (Phi) is 3.91. The third-order valence-electron chi connectivity index (χ3n) is 4.77. The summed E-state index contributed by atoms with van der Waals surface area (Å²) in [4.78, 5) is 17.4. The lowest BCUT2D eigenvalue weighted by Crippen LogP contribution is -2.38. The standard InChI is InChI=1S/C15H21N7O2/c1-24-15(23)20-6-4-11(5-7-20)14-19-18-13(22(14)12-2-3-12)8-21-10-16-9-17-21/h9-12H,2-8H2,1H3. The molecule has 1 aliphatic heterocycles. The van der Waals surface area contributed by atoms with Crippen molar-refractivity contribution in [3.8, 4) is 0 Å². The van der Waals surface area contributed by atoms with E-state index in [1.807, 2.05) is 0 Å². The summed E-state index contributed by atoms with van der Waals surface area (Å²) in [5.41, 5.74) is 0. The van der Waals surface area contributed by atoms with Crippen LogP contribution in [0.15, 0.2) is 12.7 Å². The Labute approximate surface area is 139 Å². The van der Waals surface area contributed by atoms with E-state index in [1.54, 1.807) is 15.9 Å². The first kappa shape index (κ1) is 15.1. The van der Waals surface area contributed by atoms with Crippen LogP contribution in [0, 0.1) is 0 Å². The maximum Gasteiger partial charge on any atom is 0.409 e. The summed E-state index contributed by atoms with van der Waals surface area (Å²) in [6.45, 7) is 1.99. The lowest BCUT2D eigenvalue weighted by atomic mass is 9.96. The Morgan fingerprint density at radius 2 is 2.04 bits per heavy atom. The van der Waals surface area contributed by atoms with Gasteiger partial charge in [0.15, 0.2) is 5.82 Å². The molecule has 0 spiro atoms. The third-order valence-corrected chi connectivity index (χ3v) is 4.77. The molecular formula is C15H21N7O2. The second-order valence-corrected chi connectivity index (χ2v) is 6.40. The minimum atomic E-state index is -0.246. The molecule has 0 N–H and O–H groups in total. The molecule has 1 amide bonds. The van der Waals surface area contributed by atoms with Crippen LogP contribution in [0.1, 0.15) is 49.3 Å². The topological polar surface area (TPSA) is 91.0 Å². The molecule has 0 unspecified atom stereocenters. The van der Waals surface area contributed by atoms with Crippen molar-refractivity contribution in [3.63, 3.8) is 0 Å². The summed E-state index contributed by atoms with van der Waals surface area (Å²) in [6.07, 6.45) is 7.12. The van der Waals surface area contributed by atoms with E-state index in [0.717, 1.165) is 24.5 Å². The fourth-order valence-electron chi connectivity index (χ4n) is 3.36. The highest BCUT2D eigenvalue weighted by Crippen LogP contribution is 2.39. The Hall–Kier alpha value is -2.45. The van der Waals surface area contributed by atoms with Gasteiger partial charge in [-0.1, -0.05) is 0 Å². The van der Waals surface area contributed by atoms with Gasteiger partial charge in [-0.15, -0.1) is 10.2 Å². The summed E-state index contributed by atoms with van der Waals surface area (Å²) in [5, 5.41) is 13.1. The zero-order valence-corrected chi connectivity index (χ0v) is 13.7. The highest BCUT2D eigenvalue weighted by Gasteiger charge is 2.34. The van der Waals surface area contributed by atoms with Crippen LogP contribution in [-0.4, -0.2) is 60.7 Å². The summed E-state index contributed by atoms with van der Waals surface area (Å²) in [7, 11) is 1.43. The average molecular weight is 331 g/mol. The molecule has 2 fully saturated rings. The molecule has 0 radical (unpaired) electrons.